The fraction of sp³-hybridized carbons (Fsp3) is 0.250. The van der Waals surface area contributed by atoms with Crippen LogP contribution >= 0.6 is 11.3 Å². The topological polar surface area (TPSA) is 75.6 Å². The highest BCUT2D eigenvalue weighted by atomic mass is 32.1. The molecule has 0 fully saturated rings. The van der Waals surface area contributed by atoms with Crippen molar-refractivity contribution >= 4 is 29.1 Å². The average molecular weight is 215 g/mol. The molecule has 1 heterocycles. The third-order valence-corrected chi connectivity index (χ3v) is 2.27. The van der Waals surface area contributed by atoms with Gasteiger partial charge in [-0.25, -0.2) is 9.59 Å². The summed E-state index contributed by atoms with van der Waals surface area (Å²) in [6.45, 7) is 1.92. The molecule has 0 saturated carbocycles. The van der Waals surface area contributed by atoms with Gasteiger partial charge in [-0.05, 0) is 18.4 Å². The Labute approximate surface area is 84.3 Å². The Kier molecular flexibility index (Phi) is 3.47. The molecule has 1 aromatic rings. The van der Waals surface area contributed by atoms with Gasteiger partial charge in [-0.15, -0.1) is 11.3 Å². The summed E-state index contributed by atoms with van der Waals surface area (Å²) in [5.74, 6) is -1.06. The van der Waals surface area contributed by atoms with E-state index in [1.54, 1.807) is 12.3 Å². The molecule has 0 aromatic carbocycles. The summed E-state index contributed by atoms with van der Waals surface area (Å²) in [5, 5.41) is 12.6. The highest BCUT2D eigenvalue weighted by molar-refractivity contribution is 7.12. The summed E-state index contributed by atoms with van der Waals surface area (Å²) in [6, 6.07) is 1.52. The number of ether oxygens (including phenoxy) is 1. The van der Waals surface area contributed by atoms with Crippen LogP contribution in [0, 0.1) is 0 Å². The number of carboxylic acids is 1. The van der Waals surface area contributed by atoms with Gasteiger partial charge in [-0.3, -0.25) is 5.32 Å². The van der Waals surface area contributed by atoms with Gasteiger partial charge in [0.25, 0.3) is 0 Å². The molecule has 1 rings (SSSR count). The van der Waals surface area contributed by atoms with Crippen molar-refractivity contribution in [2.45, 2.75) is 6.92 Å². The van der Waals surface area contributed by atoms with Crippen molar-refractivity contribution in [3.63, 3.8) is 0 Å². The molecule has 1 amide bonds. The van der Waals surface area contributed by atoms with Gasteiger partial charge in [0.15, 0.2) is 0 Å². The number of nitrogens with one attached hydrogen (secondary N) is 1. The molecule has 0 bridgehead atoms. The van der Waals surface area contributed by atoms with Gasteiger partial charge < -0.3 is 9.84 Å². The number of hydrogen-bond donors (Lipinski definition) is 2. The fourth-order valence-electron chi connectivity index (χ4n) is 0.850. The van der Waals surface area contributed by atoms with Crippen molar-refractivity contribution < 1.29 is 19.4 Å². The molecule has 0 aliphatic carbocycles. The van der Waals surface area contributed by atoms with E-state index in [4.69, 9.17) is 5.11 Å². The second-order valence-corrected chi connectivity index (χ2v) is 3.23. The first kappa shape index (κ1) is 10.5. The lowest BCUT2D eigenvalue weighted by Crippen LogP contribution is -2.14. The van der Waals surface area contributed by atoms with E-state index in [1.165, 1.54) is 6.07 Å². The molecule has 5 nitrogen and oxygen atoms in total. The lowest BCUT2D eigenvalue weighted by molar-refractivity contribution is 0.0703. The maximum atomic E-state index is 11.0. The molecule has 14 heavy (non-hydrogen) atoms. The van der Waals surface area contributed by atoms with E-state index in [-0.39, 0.29) is 17.2 Å². The fourth-order valence-corrected chi connectivity index (χ4v) is 1.54. The molecule has 0 aliphatic heterocycles. The Bertz CT molecular complexity index is 347. The first-order chi connectivity index (χ1) is 6.65. The monoisotopic (exact) mass is 215 g/mol. The first-order valence-corrected chi connectivity index (χ1v) is 4.77. The van der Waals surface area contributed by atoms with E-state index < -0.39 is 12.1 Å². The first-order valence-electron chi connectivity index (χ1n) is 3.89. The molecule has 0 saturated heterocycles. The summed E-state index contributed by atoms with van der Waals surface area (Å²) in [6.07, 6.45) is -0.645. The number of anilines is 1. The Morgan fingerprint density at radius 1 is 1.64 bits per heavy atom. The number of hydrogen-bond acceptors (Lipinski definition) is 4. The van der Waals surface area contributed by atoms with Crippen molar-refractivity contribution in [3.05, 3.63) is 16.3 Å². The quantitative estimate of drug-likeness (QED) is 0.808. The van der Waals surface area contributed by atoms with Crippen LogP contribution in [0.4, 0.5) is 10.5 Å². The Hall–Kier alpha value is -1.56. The molecule has 0 radical (unpaired) electrons. The number of thiophene rings is 1. The molecule has 1 aromatic heterocycles. The molecular formula is C8H9NO4S. The van der Waals surface area contributed by atoms with Gasteiger partial charge in [0.05, 0.1) is 12.3 Å². The molecular weight excluding hydrogens is 206 g/mol. The second-order valence-electron chi connectivity index (χ2n) is 2.31. The normalized spacial score (nSPS) is 9.50. The van der Waals surface area contributed by atoms with E-state index in [0.717, 1.165) is 11.3 Å². The maximum Gasteiger partial charge on any atom is 0.411 e. The average Bonchev–Trinajstić information content (AvgIpc) is 2.52. The van der Waals surface area contributed by atoms with Gasteiger partial charge in [0, 0.05) is 0 Å². The minimum Gasteiger partial charge on any atom is -0.477 e. The summed E-state index contributed by atoms with van der Waals surface area (Å²) < 4.78 is 4.61. The van der Waals surface area contributed by atoms with Crippen LogP contribution in [0.1, 0.15) is 16.6 Å². The van der Waals surface area contributed by atoms with E-state index in [1.807, 2.05) is 0 Å². The highest BCUT2D eigenvalue weighted by Gasteiger charge is 2.13. The van der Waals surface area contributed by atoms with Gasteiger partial charge in [-0.1, -0.05) is 0 Å². The van der Waals surface area contributed by atoms with Crippen LogP contribution in [0.3, 0.4) is 0 Å². The van der Waals surface area contributed by atoms with Crippen LogP contribution in [-0.2, 0) is 4.74 Å². The van der Waals surface area contributed by atoms with Crippen LogP contribution in [0.5, 0.6) is 0 Å². The van der Waals surface area contributed by atoms with Crippen molar-refractivity contribution in [1.29, 1.82) is 0 Å². The zero-order valence-corrected chi connectivity index (χ0v) is 8.26. The number of amides is 1. The van der Waals surface area contributed by atoms with Crippen LogP contribution in [-0.4, -0.2) is 23.8 Å². The van der Waals surface area contributed by atoms with Crippen LogP contribution in [0.25, 0.3) is 0 Å². The van der Waals surface area contributed by atoms with E-state index in [2.05, 4.69) is 10.1 Å². The molecule has 0 spiro atoms. The largest absolute Gasteiger partial charge is 0.477 e. The van der Waals surface area contributed by atoms with Crippen molar-refractivity contribution in [1.82, 2.24) is 0 Å². The predicted molar refractivity (Wildman–Crippen MR) is 51.9 cm³/mol. The van der Waals surface area contributed by atoms with Crippen LogP contribution < -0.4 is 5.32 Å². The smallest absolute Gasteiger partial charge is 0.411 e. The minimum atomic E-state index is -1.06. The van der Waals surface area contributed by atoms with Crippen molar-refractivity contribution in [2.75, 3.05) is 11.9 Å². The number of aromatic carboxylic acids is 1. The summed E-state index contributed by atoms with van der Waals surface area (Å²) in [5.41, 5.74) is 0.265. The molecule has 0 atom stereocenters. The SMILES string of the molecule is CCOC(=O)Nc1ccsc1C(=O)O. The van der Waals surface area contributed by atoms with Gasteiger partial charge in [-0.2, -0.15) is 0 Å². The van der Waals surface area contributed by atoms with E-state index in [0.29, 0.717) is 0 Å². The Morgan fingerprint density at radius 3 is 2.93 bits per heavy atom. The third kappa shape index (κ3) is 2.46. The Morgan fingerprint density at radius 2 is 2.36 bits per heavy atom. The highest BCUT2D eigenvalue weighted by Crippen LogP contribution is 2.22. The molecule has 0 unspecified atom stereocenters. The summed E-state index contributed by atoms with van der Waals surface area (Å²) in [7, 11) is 0. The van der Waals surface area contributed by atoms with Crippen LogP contribution in [0.2, 0.25) is 0 Å². The summed E-state index contributed by atoms with van der Waals surface area (Å²) >= 11 is 1.05. The van der Waals surface area contributed by atoms with Gasteiger partial charge in [0.2, 0.25) is 0 Å². The zero-order valence-electron chi connectivity index (χ0n) is 7.44. The minimum absolute atomic E-state index is 0.0954. The maximum absolute atomic E-state index is 11.0. The number of carbonyl (C=O) groups excluding carboxylic acids is 1. The van der Waals surface area contributed by atoms with Gasteiger partial charge in [0.1, 0.15) is 4.88 Å². The van der Waals surface area contributed by atoms with Crippen molar-refractivity contribution in [2.24, 2.45) is 0 Å². The molecule has 76 valence electrons. The number of rotatable bonds is 3. The second kappa shape index (κ2) is 4.61. The molecule has 2 N–H and O–H groups in total. The Balaban J connectivity index is 2.71. The number of carbonyl (C=O) groups is 2. The zero-order chi connectivity index (χ0) is 10.6. The van der Waals surface area contributed by atoms with Crippen molar-refractivity contribution in [3.8, 4) is 0 Å². The summed E-state index contributed by atoms with van der Waals surface area (Å²) in [4.78, 5) is 21.7. The third-order valence-electron chi connectivity index (χ3n) is 1.37. The lowest BCUT2D eigenvalue weighted by Gasteiger charge is -2.03. The standard InChI is InChI=1S/C8H9NO4S/c1-2-13-8(12)9-5-3-4-14-6(5)7(10)11/h3-4H,2H2,1H3,(H,9,12)(H,10,11). The van der Waals surface area contributed by atoms with E-state index >= 15 is 0 Å². The van der Waals surface area contributed by atoms with Gasteiger partial charge >= 0.3 is 12.1 Å². The molecule has 6 heteroatoms. The molecule has 0 aliphatic rings. The number of carboxylic acid groups (broad SMARTS) is 1. The predicted octanol–water partition coefficient (Wildman–Crippen LogP) is 2.01. The van der Waals surface area contributed by atoms with E-state index in [9.17, 15) is 9.59 Å². The van der Waals surface area contributed by atoms with Crippen LogP contribution in [0.15, 0.2) is 11.4 Å². The lowest BCUT2D eigenvalue weighted by atomic mass is 10.4.